The first kappa shape index (κ1) is 24.8. The minimum atomic E-state index is -0.0568. The zero-order chi connectivity index (χ0) is 22.8. The van der Waals surface area contributed by atoms with E-state index in [9.17, 15) is 4.79 Å². The maximum Gasteiger partial charge on any atom is 0.246 e. The molecule has 2 rings (SSSR count). The number of nitrogens with zero attached hydrogens (tertiary/aromatic N) is 2. The first-order chi connectivity index (χ1) is 14.8. The molecule has 1 fully saturated rings. The molecule has 1 aliphatic rings. The van der Waals surface area contributed by atoms with Crippen LogP contribution in [0.3, 0.4) is 0 Å². The van der Waals surface area contributed by atoms with E-state index in [0.29, 0.717) is 23.1 Å². The Hall–Kier alpha value is -2.46. The zero-order valence-corrected chi connectivity index (χ0v) is 19.9. The molecule has 1 aliphatic heterocycles. The van der Waals surface area contributed by atoms with Crippen LogP contribution in [0.4, 0.5) is 11.4 Å². The predicted octanol–water partition coefficient (Wildman–Crippen LogP) is 6.02. The van der Waals surface area contributed by atoms with Crippen molar-refractivity contribution < 1.29 is 4.79 Å². The number of benzene rings is 1. The molecule has 0 aliphatic carbocycles. The topological polar surface area (TPSA) is 35.6 Å². The first-order valence-corrected chi connectivity index (χ1v) is 11.4. The molecule has 1 aromatic carbocycles. The van der Waals surface area contributed by atoms with Crippen LogP contribution in [0, 0.1) is 5.92 Å². The molecular weight excluding hydrogens is 406 g/mol. The number of rotatable bonds is 11. The Morgan fingerprint density at radius 2 is 1.97 bits per heavy atom. The second-order valence-electron chi connectivity index (χ2n) is 8.28. The minimum absolute atomic E-state index is 0.0568. The number of unbranched alkanes of at least 4 members (excludes halogenated alkanes) is 2. The van der Waals surface area contributed by atoms with Crippen molar-refractivity contribution in [1.82, 2.24) is 5.32 Å². The van der Waals surface area contributed by atoms with Crippen molar-refractivity contribution in [2.24, 2.45) is 5.92 Å². The van der Waals surface area contributed by atoms with Crippen molar-refractivity contribution in [1.29, 1.82) is 0 Å². The Kier molecular flexibility index (Phi) is 9.93. The third-order valence-electron chi connectivity index (χ3n) is 5.57. The fourth-order valence-electron chi connectivity index (χ4n) is 3.67. The van der Waals surface area contributed by atoms with Gasteiger partial charge >= 0.3 is 0 Å². The highest BCUT2D eigenvalue weighted by molar-refractivity contribution is 6.29. The van der Waals surface area contributed by atoms with E-state index in [1.807, 2.05) is 6.08 Å². The first-order valence-electron chi connectivity index (χ1n) is 11.0. The summed E-state index contributed by atoms with van der Waals surface area (Å²) in [6, 6.07) is 8.67. The number of allylic oxidation sites excluding steroid dienone is 5. The van der Waals surface area contributed by atoms with Crippen molar-refractivity contribution >= 4 is 28.9 Å². The standard InChI is InChI=1S/C26H36ClN3O/c1-6-7-8-9-16-29(5)24-12-14-25(15-13-24)30-19-23(17-22(30)4)18-28-26(31)20(2)10-11-21(3)27/h6,10-15,23H,1,4,7-9,16-19H2,2-3,5H3,(H,28,31)/b20-10+,21-11+. The van der Waals surface area contributed by atoms with E-state index in [1.165, 1.54) is 12.1 Å². The summed E-state index contributed by atoms with van der Waals surface area (Å²) in [5.41, 5.74) is 4.12. The minimum Gasteiger partial charge on any atom is -0.375 e. The van der Waals surface area contributed by atoms with E-state index in [4.69, 9.17) is 11.6 Å². The summed E-state index contributed by atoms with van der Waals surface area (Å²) in [4.78, 5) is 16.8. The van der Waals surface area contributed by atoms with Crippen molar-refractivity contribution in [3.63, 3.8) is 0 Å². The zero-order valence-electron chi connectivity index (χ0n) is 19.2. The third-order valence-corrected chi connectivity index (χ3v) is 5.70. The Morgan fingerprint density at radius 1 is 1.26 bits per heavy atom. The monoisotopic (exact) mass is 441 g/mol. The van der Waals surface area contributed by atoms with Crippen LogP contribution in [-0.4, -0.2) is 32.6 Å². The summed E-state index contributed by atoms with van der Waals surface area (Å²) in [5, 5.41) is 3.69. The summed E-state index contributed by atoms with van der Waals surface area (Å²) in [5.74, 6) is 0.292. The molecule has 5 heteroatoms. The maximum absolute atomic E-state index is 12.3. The molecule has 0 bridgehead atoms. The summed E-state index contributed by atoms with van der Waals surface area (Å²) in [6.45, 7) is 14.1. The number of anilines is 2. The molecule has 0 aromatic heterocycles. The van der Waals surface area contributed by atoms with Crippen LogP contribution in [0.1, 0.15) is 39.5 Å². The maximum atomic E-state index is 12.3. The van der Waals surface area contributed by atoms with E-state index in [-0.39, 0.29) is 5.91 Å². The third kappa shape index (κ3) is 7.95. The number of carbonyl (C=O) groups is 1. The highest BCUT2D eigenvalue weighted by Gasteiger charge is 2.26. The van der Waals surface area contributed by atoms with Gasteiger partial charge in [-0.1, -0.05) is 30.3 Å². The molecule has 31 heavy (non-hydrogen) atoms. The average Bonchev–Trinajstić information content (AvgIpc) is 3.13. The largest absolute Gasteiger partial charge is 0.375 e. The SMILES string of the molecule is C=CCCCCN(C)c1ccc(N2CC(CNC(=O)/C(C)=C/C=C(\C)Cl)CC2=C)cc1. The molecule has 1 heterocycles. The predicted molar refractivity (Wildman–Crippen MR) is 135 cm³/mol. The highest BCUT2D eigenvalue weighted by Crippen LogP contribution is 2.31. The molecule has 1 aromatic rings. The van der Waals surface area contributed by atoms with Crippen LogP contribution < -0.4 is 15.1 Å². The number of amides is 1. The average molecular weight is 442 g/mol. The van der Waals surface area contributed by atoms with E-state index in [0.717, 1.165) is 43.7 Å². The van der Waals surface area contributed by atoms with Gasteiger partial charge < -0.3 is 15.1 Å². The van der Waals surface area contributed by atoms with Crippen LogP contribution >= 0.6 is 11.6 Å². The van der Waals surface area contributed by atoms with Gasteiger partial charge in [-0.15, -0.1) is 6.58 Å². The molecule has 1 amide bonds. The van der Waals surface area contributed by atoms with Gasteiger partial charge in [-0.05, 0) is 75.8 Å². The van der Waals surface area contributed by atoms with E-state index >= 15 is 0 Å². The van der Waals surface area contributed by atoms with Gasteiger partial charge in [0, 0.05) is 54.4 Å². The smallest absolute Gasteiger partial charge is 0.246 e. The molecule has 1 atom stereocenters. The molecule has 1 saturated heterocycles. The van der Waals surface area contributed by atoms with Crippen LogP contribution in [0.15, 0.2) is 72.0 Å². The van der Waals surface area contributed by atoms with Crippen molar-refractivity contribution in [3.05, 3.63) is 72.0 Å². The Bertz CT molecular complexity index is 822. The van der Waals surface area contributed by atoms with Crippen molar-refractivity contribution in [2.75, 3.05) is 36.5 Å². The molecular formula is C26H36ClN3O. The summed E-state index contributed by atoms with van der Waals surface area (Å²) in [6.07, 6.45) is 9.76. The van der Waals surface area contributed by atoms with Crippen LogP contribution in [0.25, 0.3) is 0 Å². The number of hydrogen-bond donors (Lipinski definition) is 1. The van der Waals surface area contributed by atoms with Crippen LogP contribution in [0.5, 0.6) is 0 Å². The quantitative estimate of drug-likeness (QED) is 0.197. The number of carbonyl (C=O) groups excluding carboxylic acids is 1. The summed E-state index contributed by atoms with van der Waals surface area (Å²) >= 11 is 5.82. The fourth-order valence-corrected chi connectivity index (χ4v) is 3.73. The number of nitrogens with one attached hydrogen (secondary N) is 1. The molecule has 0 saturated carbocycles. The molecule has 4 nitrogen and oxygen atoms in total. The Balaban J connectivity index is 1.87. The fraction of sp³-hybridized carbons (Fsp3) is 0.423. The molecule has 1 unspecified atom stereocenters. The van der Waals surface area contributed by atoms with Crippen LogP contribution in [0.2, 0.25) is 0 Å². The summed E-state index contributed by atoms with van der Waals surface area (Å²) < 4.78 is 0. The van der Waals surface area contributed by atoms with Gasteiger partial charge in [0.15, 0.2) is 0 Å². The Morgan fingerprint density at radius 3 is 2.61 bits per heavy atom. The molecule has 0 radical (unpaired) electrons. The lowest BCUT2D eigenvalue weighted by atomic mass is 10.1. The summed E-state index contributed by atoms with van der Waals surface area (Å²) in [7, 11) is 2.14. The molecule has 0 spiro atoms. The van der Waals surface area contributed by atoms with E-state index in [2.05, 4.69) is 59.6 Å². The Labute approximate surface area is 193 Å². The number of halogens is 1. The van der Waals surface area contributed by atoms with Crippen molar-refractivity contribution in [2.45, 2.75) is 39.5 Å². The second-order valence-corrected chi connectivity index (χ2v) is 8.88. The lowest BCUT2D eigenvalue weighted by molar-refractivity contribution is -0.117. The van der Waals surface area contributed by atoms with Gasteiger partial charge in [-0.2, -0.15) is 0 Å². The number of hydrogen-bond acceptors (Lipinski definition) is 3. The second kappa shape index (κ2) is 12.4. The highest BCUT2D eigenvalue weighted by atomic mass is 35.5. The molecule has 168 valence electrons. The van der Waals surface area contributed by atoms with Gasteiger partial charge in [0.1, 0.15) is 0 Å². The van der Waals surface area contributed by atoms with Gasteiger partial charge in [-0.3, -0.25) is 4.79 Å². The van der Waals surface area contributed by atoms with Gasteiger partial charge in [0.25, 0.3) is 0 Å². The van der Waals surface area contributed by atoms with Crippen molar-refractivity contribution in [3.8, 4) is 0 Å². The van der Waals surface area contributed by atoms with E-state index < -0.39 is 0 Å². The van der Waals surface area contributed by atoms with Gasteiger partial charge in [0.05, 0.1) is 0 Å². The lowest BCUT2D eigenvalue weighted by Crippen LogP contribution is -2.31. The normalized spacial score (nSPS) is 17.1. The van der Waals surface area contributed by atoms with Crippen LogP contribution in [-0.2, 0) is 4.79 Å². The lowest BCUT2D eigenvalue weighted by Gasteiger charge is -2.23. The van der Waals surface area contributed by atoms with Gasteiger partial charge in [0.2, 0.25) is 5.91 Å². The van der Waals surface area contributed by atoms with E-state index in [1.54, 1.807) is 26.0 Å². The van der Waals surface area contributed by atoms with Gasteiger partial charge in [-0.25, -0.2) is 0 Å². The molecule has 1 N–H and O–H groups in total.